The first kappa shape index (κ1) is 9.54. The molecule has 1 N–H and O–H groups in total. The highest BCUT2D eigenvalue weighted by Crippen LogP contribution is 2.25. The Labute approximate surface area is 85.6 Å². The molecule has 1 fully saturated rings. The Hall–Kier alpha value is -1.01. The first-order valence-corrected chi connectivity index (χ1v) is 5.10. The number of rotatable bonds is 3. The number of hydrogen-bond donors (Lipinski definition) is 1. The Morgan fingerprint density at radius 1 is 1.79 bits per heavy atom. The lowest BCUT2D eigenvalue weighted by Crippen LogP contribution is -2.48. The van der Waals surface area contributed by atoms with Crippen LogP contribution < -0.4 is 5.32 Å². The highest BCUT2D eigenvalue weighted by Gasteiger charge is 2.33. The van der Waals surface area contributed by atoms with Gasteiger partial charge in [0.1, 0.15) is 4.88 Å². The van der Waals surface area contributed by atoms with Gasteiger partial charge in [-0.15, -0.1) is 5.10 Å². The van der Waals surface area contributed by atoms with Crippen LogP contribution in [-0.2, 0) is 4.74 Å². The molecule has 14 heavy (non-hydrogen) atoms. The molecule has 0 aliphatic carbocycles. The minimum Gasteiger partial charge on any atom is -0.380 e. The van der Waals surface area contributed by atoms with Crippen LogP contribution in [-0.4, -0.2) is 35.3 Å². The van der Waals surface area contributed by atoms with Crippen LogP contribution >= 0.6 is 11.5 Å². The summed E-state index contributed by atoms with van der Waals surface area (Å²) in [6.45, 7) is 4.16. The zero-order chi connectivity index (χ0) is 10.0. The Morgan fingerprint density at radius 2 is 2.57 bits per heavy atom. The van der Waals surface area contributed by atoms with E-state index in [4.69, 9.17) is 4.74 Å². The lowest BCUT2D eigenvalue weighted by molar-refractivity contribution is -0.0978. The van der Waals surface area contributed by atoms with Crippen LogP contribution in [0, 0.1) is 5.41 Å². The second kappa shape index (κ2) is 3.62. The van der Waals surface area contributed by atoms with Gasteiger partial charge in [0.2, 0.25) is 0 Å². The van der Waals surface area contributed by atoms with E-state index in [1.54, 1.807) is 0 Å². The molecule has 1 aromatic heterocycles. The summed E-state index contributed by atoms with van der Waals surface area (Å²) >= 11 is 1.10. The molecule has 0 spiro atoms. The Kier molecular flexibility index (Phi) is 2.47. The van der Waals surface area contributed by atoms with Gasteiger partial charge in [-0.25, -0.2) is 0 Å². The van der Waals surface area contributed by atoms with Crippen LogP contribution in [0.25, 0.3) is 0 Å². The fourth-order valence-corrected chi connectivity index (χ4v) is 1.63. The topological polar surface area (TPSA) is 64.1 Å². The number of aromatic nitrogens is 2. The normalized spacial score (nSPS) is 18.6. The van der Waals surface area contributed by atoms with Gasteiger partial charge in [0.15, 0.2) is 0 Å². The Bertz CT molecular complexity index is 321. The van der Waals surface area contributed by atoms with Gasteiger partial charge in [-0.3, -0.25) is 4.79 Å². The fraction of sp³-hybridized carbons (Fsp3) is 0.625. The van der Waals surface area contributed by atoms with Crippen molar-refractivity contribution in [1.29, 1.82) is 0 Å². The molecule has 2 rings (SSSR count). The van der Waals surface area contributed by atoms with Gasteiger partial charge >= 0.3 is 0 Å². The molecule has 76 valence electrons. The van der Waals surface area contributed by atoms with E-state index in [9.17, 15) is 4.79 Å². The smallest absolute Gasteiger partial charge is 0.264 e. The molecular formula is C8H11N3O2S. The Morgan fingerprint density at radius 3 is 3.07 bits per heavy atom. The van der Waals surface area contributed by atoms with E-state index in [0.717, 1.165) is 11.5 Å². The highest BCUT2D eigenvalue weighted by molar-refractivity contribution is 7.07. The SMILES string of the molecule is CC1(CNC(=O)c2cnns2)COC1. The maximum atomic E-state index is 11.5. The average Bonchev–Trinajstić information content (AvgIpc) is 2.63. The van der Waals surface area contributed by atoms with E-state index in [2.05, 4.69) is 21.8 Å². The maximum Gasteiger partial charge on any atom is 0.264 e. The minimum absolute atomic E-state index is 0.104. The van der Waals surface area contributed by atoms with E-state index in [1.165, 1.54) is 6.20 Å². The standard InChI is InChI=1S/C8H11N3O2S/c1-8(4-13-5-8)3-9-7(12)6-2-10-11-14-6/h2H,3-5H2,1H3,(H,9,12). The minimum atomic E-state index is -0.104. The number of ether oxygens (including phenoxy) is 1. The molecular weight excluding hydrogens is 202 g/mol. The van der Waals surface area contributed by atoms with Crippen molar-refractivity contribution in [2.24, 2.45) is 5.41 Å². The van der Waals surface area contributed by atoms with Crippen LogP contribution in [0.2, 0.25) is 0 Å². The van der Waals surface area contributed by atoms with E-state index >= 15 is 0 Å². The summed E-state index contributed by atoms with van der Waals surface area (Å²) in [4.78, 5) is 12.0. The molecule has 0 bridgehead atoms. The first-order valence-electron chi connectivity index (χ1n) is 4.33. The van der Waals surface area contributed by atoms with Crippen molar-refractivity contribution in [3.63, 3.8) is 0 Å². The molecule has 0 atom stereocenters. The summed E-state index contributed by atoms with van der Waals surface area (Å²) in [5.41, 5.74) is 0.105. The van der Waals surface area contributed by atoms with Crippen LogP contribution in [0.1, 0.15) is 16.6 Å². The predicted octanol–water partition coefficient (Wildman–Crippen LogP) is 0.304. The van der Waals surface area contributed by atoms with Crippen molar-refractivity contribution in [1.82, 2.24) is 14.9 Å². The molecule has 0 aromatic carbocycles. The van der Waals surface area contributed by atoms with Crippen LogP contribution in [0.3, 0.4) is 0 Å². The summed E-state index contributed by atoms with van der Waals surface area (Å²) < 4.78 is 8.72. The van der Waals surface area contributed by atoms with Gasteiger partial charge in [0.25, 0.3) is 5.91 Å². The molecule has 1 saturated heterocycles. The molecule has 0 unspecified atom stereocenters. The molecule has 2 heterocycles. The number of carbonyl (C=O) groups excluding carboxylic acids is 1. The van der Waals surface area contributed by atoms with Crippen molar-refractivity contribution in [3.8, 4) is 0 Å². The molecule has 6 heteroatoms. The first-order chi connectivity index (χ1) is 6.70. The second-order valence-corrected chi connectivity index (χ2v) is 4.55. The van der Waals surface area contributed by atoms with Crippen LogP contribution in [0.5, 0.6) is 0 Å². The summed E-state index contributed by atoms with van der Waals surface area (Å²) in [6, 6.07) is 0. The predicted molar refractivity (Wildman–Crippen MR) is 51.2 cm³/mol. The zero-order valence-electron chi connectivity index (χ0n) is 7.82. The summed E-state index contributed by atoms with van der Waals surface area (Å²) in [6.07, 6.45) is 1.47. The lowest BCUT2D eigenvalue weighted by atomic mass is 9.89. The molecule has 1 aliphatic heterocycles. The largest absolute Gasteiger partial charge is 0.380 e. The Balaban J connectivity index is 1.84. The quantitative estimate of drug-likeness (QED) is 0.784. The van der Waals surface area contributed by atoms with Gasteiger partial charge in [-0.05, 0) is 11.5 Å². The van der Waals surface area contributed by atoms with E-state index in [-0.39, 0.29) is 11.3 Å². The van der Waals surface area contributed by atoms with E-state index in [0.29, 0.717) is 24.6 Å². The molecule has 1 aliphatic rings. The van der Waals surface area contributed by atoms with Gasteiger partial charge in [0.05, 0.1) is 19.4 Å². The summed E-state index contributed by atoms with van der Waals surface area (Å²) in [7, 11) is 0. The lowest BCUT2D eigenvalue weighted by Gasteiger charge is -2.37. The third-order valence-corrected chi connectivity index (χ3v) is 2.83. The van der Waals surface area contributed by atoms with Gasteiger partial charge in [-0.2, -0.15) is 0 Å². The number of carbonyl (C=O) groups is 1. The number of amides is 1. The van der Waals surface area contributed by atoms with E-state index in [1.807, 2.05) is 0 Å². The van der Waals surface area contributed by atoms with Crippen LogP contribution in [0.4, 0.5) is 0 Å². The third kappa shape index (κ3) is 1.91. The van der Waals surface area contributed by atoms with Crippen molar-refractivity contribution in [3.05, 3.63) is 11.1 Å². The molecule has 1 aromatic rings. The third-order valence-electron chi connectivity index (χ3n) is 2.16. The number of nitrogens with zero attached hydrogens (tertiary/aromatic N) is 2. The van der Waals surface area contributed by atoms with Crippen molar-refractivity contribution >= 4 is 17.4 Å². The molecule has 5 nitrogen and oxygen atoms in total. The average molecular weight is 213 g/mol. The summed E-state index contributed by atoms with van der Waals surface area (Å²) in [5, 5.41) is 6.44. The van der Waals surface area contributed by atoms with Crippen molar-refractivity contribution in [2.45, 2.75) is 6.92 Å². The summed E-state index contributed by atoms with van der Waals surface area (Å²) in [5.74, 6) is -0.104. The zero-order valence-corrected chi connectivity index (χ0v) is 8.63. The molecule has 1 amide bonds. The van der Waals surface area contributed by atoms with Crippen molar-refractivity contribution < 1.29 is 9.53 Å². The fourth-order valence-electron chi connectivity index (χ4n) is 1.20. The maximum absolute atomic E-state index is 11.5. The number of nitrogens with one attached hydrogen (secondary N) is 1. The van der Waals surface area contributed by atoms with Gasteiger partial charge < -0.3 is 10.1 Å². The van der Waals surface area contributed by atoms with Crippen molar-refractivity contribution in [2.75, 3.05) is 19.8 Å². The molecule has 0 radical (unpaired) electrons. The highest BCUT2D eigenvalue weighted by atomic mass is 32.1. The van der Waals surface area contributed by atoms with E-state index < -0.39 is 0 Å². The monoisotopic (exact) mass is 213 g/mol. The van der Waals surface area contributed by atoms with Crippen LogP contribution in [0.15, 0.2) is 6.20 Å². The number of hydrogen-bond acceptors (Lipinski definition) is 5. The second-order valence-electron chi connectivity index (χ2n) is 3.77. The molecule has 0 saturated carbocycles. The van der Waals surface area contributed by atoms with Gasteiger partial charge in [-0.1, -0.05) is 11.4 Å². The van der Waals surface area contributed by atoms with Gasteiger partial charge in [0, 0.05) is 12.0 Å².